The number of nitrogens with one attached hydrogen (secondary N) is 2. The Morgan fingerprint density at radius 2 is 2.40 bits per heavy atom. The zero-order valence-corrected chi connectivity index (χ0v) is 8.36. The van der Waals surface area contributed by atoms with Crippen molar-refractivity contribution in [1.82, 2.24) is 5.32 Å². The van der Waals surface area contributed by atoms with Gasteiger partial charge in [-0.2, -0.15) is 0 Å². The first-order valence-electron chi connectivity index (χ1n) is 5.06. The number of aromatic hydroxyl groups is 1. The van der Waals surface area contributed by atoms with Crippen molar-refractivity contribution >= 4 is 11.6 Å². The van der Waals surface area contributed by atoms with E-state index in [4.69, 9.17) is 0 Å². The van der Waals surface area contributed by atoms with Gasteiger partial charge in [-0.3, -0.25) is 4.79 Å². The van der Waals surface area contributed by atoms with Crippen molar-refractivity contribution in [1.29, 1.82) is 0 Å². The fourth-order valence-electron chi connectivity index (χ4n) is 1.71. The second kappa shape index (κ2) is 4.31. The van der Waals surface area contributed by atoms with Crippen LogP contribution in [0.4, 0.5) is 5.69 Å². The lowest BCUT2D eigenvalue weighted by Gasteiger charge is -2.09. The molecule has 1 amide bonds. The number of hydrogen-bond donors (Lipinski definition) is 3. The van der Waals surface area contributed by atoms with Gasteiger partial charge in [0.05, 0.1) is 5.92 Å². The summed E-state index contributed by atoms with van der Waals surface area (Å²) >= 11 is 0. The van der Waals surface area contributed by atoms with E-state index in [0.29, 0.717) is 5.69 Å². The molecule has 4 nitrogen and oxygen atoms in total. The number of hydrogen-bond acceptors (Lipinski definition) is 3. The average Bonchev–Trinajstić information content (AvgIpc) is 2.70. The molecule has 1 saturated heterocycles. The van der Waals surface area contributed by atoms with Crippen molar-refractivity contribution in [2.75, 3.05) is 18.4 Å². The Balaban J connectivity index is 1.99. The van der Waals surface area contributed by atoms with E-state index in [2.05, 4.69) is 10.6 Å². The Morgan fingerprint density at radius 3 is 3.07 bits per heavy atom. The minimum Gasteiger partial charge on any atom is -0.508 e. The van der Waals surface area contributed by atoms with Gasteiger partial charge in [-0.05, 0) is 25.1 Å². The zero-order valence-electron chi connectivity index (χ0n) is 8.36. The smallest absolute Gasteiger partial charge is 0.228 e. The fraction of sp³-hybridized carbons (Fsp3) is 0.364. The second-order valence-electron chi connectivity index (χ2n) is 3.73. The summed E-state index contributed by atoms with van der Waals surface area (Å²) in [6, 6.07) is 6.59. The number of carbonyl (C=O) groups is 1. The molecule has 0 bridgehead atoms. The summed E-state index contributed by atoms with van der Waals surface area (Å²) in [4.78, 5) is 11.7. The quantitative estimate of drug-likeness (QED) is 0.675. The van der Waals surface area contributed by atoms with Crippen LogP contribution in [0.5, 0.6) is 5.75 Å². The number of benzene rings is 1. The number of rotatable bonds is 2. The predicted octanol–water partition coefficient (Wildman–Crippen LogP) is 0.940. The third-order valence-corrected chi connectivity index (χ3v) is 2.54. The third kappa shape index (κ3) is 2.47. The molecule has 1 aromatic rings. The van der Waals surface area contributed by atoms with E-state index in [1.165, 1.54) is 0 Å². The molecule has 15 heavy (non-hydrogen) atoms. The maximum Gasteiger partial charge on any atom is 0.228 e. The van der Waals surface area contributed by atoms with Gasteiger partial charge in [0, 0.05) is 18.3 Å². The highest BCUT2D eigenvalue weighted by Crippen LogP contribution is 2.17. The number of anilines is 1. The largest absolute Gasteiger partial charge is 0.508 e. The normalized spacial score (nSPS) is 20.1. The molecule has 3 N–H and O–H groups in total. The number of amides is 1. The fourth-order valence-corrected chi connectivity index (χ4v) is 1.71. The van der Waals surface area contributed by atoms with E-state index >= 15 is 0 Å². The monoisotopic (exact) mass is 206 g/mol. The summed E-state index contributed by atoms with van der Waals surface area (Å²) in [6.07, 6.45) is 0.880. The van der Waals surface area contributed by atoms with E-state index in [1.54, 1.807) is 24.3 Å². The molecule has 0 radical (unpaired) electrons. The van der Waals surface area contributed by atoms with Crippen LogP contribution in [0, 0.1) is 5.92 Å². The highest BCUT2D eigenvalue weighted by atomic mass is 16.3. The molecule has 4 heteroatoms. The van der Waals surface area contributed by atoms with Gasteiger partial charge in [0.15, 0.2) is 0 Å². The van der Waals surface area contributed by atoms with E-state index in [1.807, 2.05) is 0 Å². The SMILES string of the molecule is O=C(Nc1cccc(O)c1)[C@H]1CCNC1. The first-order chi connectivity index (χ1) is 7.25. The van der Waals surface area contributed by atoms with Crippen LogP contribution >= 0.6 is 0 Å². The topological polar surface area (TPSA) is 61.4 Å². The Bertz CT molecular complexity index is 359. The van der Waals surface area contributed by atoms with Crippen LogP contribution in [0.1, 0.15) is 6.42 Å². The van der Waals surface area contributed by atoms with Crippen molar-refractivity contribution in [2.24, 2.45) is 5.92 Å². The first-order valence-corrected chi connectivity index (χ1v) is 5.06. The second-order valence-corrected chi connectivity index (χ2v) is 3.73. The Hall–Kier alpha value is -1.55. The maximum absolute atomic E-state index is 11.7. The summed E-state index contributed by atoms with van der Waals surface area (Å²) in [5.41, 5.74) is 0.645. The summed E-state index contributed by atoms with van der Waals surface area (Å²) in [5.74, 6) is 0.232. The van der Waals surface area contributed by atoms with Gasteiger partial charge in [-0.15, -0.1) is 0 Å². The molecule has 1 atom stereocenters. The first kappa shape index (κ1) is 9.98. The molecule has 1 aromatic carbocycles. The van der Waals surface area contributed by atoms with Crippen LogP contribution in [0.2, 0.25) is 0 Å². The van der Waals surface area contributed by atoms with Gasteiger partial charge >= 0.3 is 0 Å². The Kier molecular flexibility index (Phi) is 2.87. The summed E-state index contributed by atoms with van der Waals surface area (Å²) in [7, 11) is 0. The van der Waals surface area contributed by atoms with Crippen LogP contribution in [-0.2, 0) is 4.79 Å². The highest BCUT2D eigenvalue weighted by molar-refractivity contribution is 5.93. The van der Waals surface area contributed by atoms with Gasteiger partial charge in [0.25, 0.3) is 0 Å². The van der Waals surface area contributed by atoms with Crippen molar-refractivity contribution in [3.05, 3.63) is 24.3 Å². The molecule has 0 unspecified atom stereocenters. The molecule has 1 fully saturated rings. The van der Waals surface area contributed by atoms with Crippen LogP contribution < -0.4 is 10.6 Å². The van der Waals surface area contributed by atoms with Crippen LogP contribution in [0.15, 0.2) is 24.3 Å². The van der Waals surface area contributed by atoms with E-state index in [0.717, 1.165) is 19.5 Å². The lowest BCUT2D eigenvalue weighted by atomic mass is 10.1. The molecule has 0 aliphatic carbocycles. The van der Waals surface area contributed by atoms with Gasteiger partial charge < -0.3 is 15.7 Å². The molecular formula is C11H14N2O2. The van der Waals surface area contributed by atoms with Crippen molar-refractivity contribution in [2.45, 2.75) is 6.42 Å². The summed E-state index contributed by atoms with van der Waals surface area (Å²) in [6.45, 7) is 1.64. The van der Waals surface area contributed by atoms with Crippen LogP contribution in [0.25, 0.3) is 0 Å². The van der Waals surface area contributed by atoms with Gasteiger partial charge in [-0.25, -0.2) is 0 Å². The molecule has 0 saturated carbocycles. The van der Waals surface area contributed by atoms with Crippen molar-refractivity contribution in [3.63, 3.8) is 0 Å². The zero-order chi connectivity index (χ0) is 10.7. The van der Waals surface area contributed by atoms with Gasteiger partial charge in [0.2, 0.25) is 5.91 Å². The molecule has 1 heterocycles. The Labute approximate surface area is 88.3 Å². The molecule has 1 aliphatic rings. The van der Waals surface area contributed by atoms with E-state index in [-0.39, 0.29) is 17.6 Å². The molecule has 1 aliphatic heterocycles. The van der Waals surface area contributed by atoms with Crippen molar-refractivity contribution < 1.29 is 9.90 Å². The highest BCUT2D eigenvalue weighted by Gasteiger charge is 2.22. The maximum atomic E-state index is 11.7. The molecule has 0 spiro atoms. The standard InChI is InChI=1S/C11H14N2O2/c14-10-3-1-2-9(6-10)13-11(15)8-4-5-12-7-8/h1-3,6,8,12,14H,4-5,7H2,(H,13,15)/t8-/m0/s1. The molecule has 2 rings (SSSR count). The number of phenols is 1. The van der Waals surface area contributed by atoms with Crippen molar-refractivity contribution in [3.8, 4) is 5.75 Å². The summed E-state index contributed by atoms with van der Waals surface area (Å²) < 4.78 is 0. The van der Waals surface area contributed by atoms with Gasteiger partial charge in [0.1, 0.15) is 5.75 Å². The molecule has 80 valence electrons. The third-order valence-electron chi connectivity index (χ3n) is 2.54. The van der Waals surface area contributed by atoms with E-state index < -0.39 is 0 Å². The number of carbonyl (C=O) groups excluding carboxylic acids is 1. The lowest BCUT2D eigenvalue weighted by molar-refractivity contribution is -0.119. The van der Waals surface area contributed by atoms with E-state index in [9.17, 15) is 9.90 Å². The number of phenolic OH excluding ortho intramolecular Hbond substituents is 1. The average molecular weight is 206 g/mol. The van der Waals surface area contributed by atoms with Crippen LogP contribution in [0.3, 0.4) is 0 Å². The minimum atomic E-state index is 0.0191. The Morgan fingerprint density at radius 1 is 1.53 bits per heavy atom. The van der Waals surface area contributed by atoms with Crippen LogP contribution in [-0.4, -0.2) is 24.1 Å². The van der Waals surface area contributed by atoms with Gasteiger partial charge in [-0.1, -0.05) is 6.07 Å². The predicted molar refractivity (Wildman–Crippen MR) is 57.7 cm³/mol. The lowest BCUT2D eigenvalue weighted by Crippen LogP contribution is -2.24. The molecular weight excluding hydrogens is 192 g/mol. The molecule has 0 aromatic heterocycles. The summed E-state index contributed by atoms with van der Waals surface area (Å²) in [5, 5.41) is 15.2. The minimum absolute atomic E-state index is 0.0191.